The Hall–Kier alpha value is -0.305. The standard InChI is InChI=1S/C2H5BNO/c1-2(5)3-4/h4H2,1H3. The van der Waals surface area contributed by atoms with Crippen molar-refractivity contribution in [3.63, 3.8) is 0 Å². The third-order valence-corrected chi connectivity index (χ3v) is 0.235. The molecule has 0 bridgehead atoms. The van der Waals surface area contributed by atoms with E-state index < -0.39 is 0 Å². The summed E-state index contributed by atoms with van der Waals surface area (Å²) in [5.74, 6) is 0. The normalized spacial score (nSPS) is 6.80. The maximum absolute atomic E-state index is 9.63. The molecule has 3 heteroatoms. The first-order valence-corrected chi connectivity index (χ1v) is 1.33. The second-order valence-corrected chi connectivity index (χ2v) is 0.777. The highest BCUT2D eigenvalue weighted by Gasteiger charge is 1.82. The quantitative estimate of drug-likeness (QED) is 0.406. The Morgan fingerprint density at radius 3 is 2.20 bits per heavy atom. The number of hydrogen-bond donors (Lipinski definition) is 1. The summed E-state index contributed by atoms with van der Waals surface area (Å²) < 4.78 is 0. The molecule has 0 amide bonds. The minimum atomic E-state index is -0.0926. The summed E-state index contributed by atoms with van der Waals surface area (Å²) in [6.07, 6.45) is 0. The molecule has 0 aromatic heterocycles. The second-order valence-electron chi connectivity index (χ2n) is 0.777. The molecular formula is C2H5BNO. The molecule has 2 nitrogen and oxygen atoms in total. The van der Waals surface area contributed by atoms with Crippen molar-refractivity contribution >= 4 is 13.1 Å². The van der Waals surface area contributed by atoms with Crippen LogP contribution in [0, 0.1) is 0 Å². The maximum atomic E-state index is 9.63. The molecule has 0 saturated heterocycles. The van der Waals surface area contributed by atoms with Crippen LogP contribution in [0.3, 0.4) is 0 Å². The molecule has 1 radical (unpaired) electrons. The molecule has 0 unspecified atom stereocenters. The number of nitrogens with two attached hydrogens (primary N) is 1. The van der Waals surface area contributed by atoms with Gasteiger partial charge in [0.25, 0.3) is 7.41 Å². The van der Waals surface area contributed by atoms with E-state index in [1.807, 2.05) is 0 Å². The molecule has 0 aromatic rings. The molecule has 2 N–H and O–H groups in total. The van der Waals surface area contributed by atoms with Crippen molar-refractivity contribution in [1.29, 1.82) is 0 Å². The molecule has 0 aromatic carbocycles. The Balaban J connectivity index is 2.85. The highest BCUT2D eigenvalue weighted by Crippen LogP contribution is 1.47. The summed E-state index contributed by atoms with van der Waals surface area (Å²) in [5, 5.41) is 0. The maximum Gasteiger partial charge on any atom is 0.291 e. The van der Waals surface area contributed by atoms with Gasteiger partial charge in [0, 0.05) is 0 Å². The van der Waals surface area contributed by atoms with Crippen LogP contribution in [0.4, 0.5) is 0 Å². The Morgan fingerprint density at radius 1 is 2.00 bits per heavy atom. The summed E-state index contributed by atoms with van der Waals surface area (Å²) in [7, 11) is 1.03. The first-order chi connectivity index (χ1) is 2.27. The van der Waals surface area contributed by atoms with Crippen LogP contribution in [0.5, 0.6) is 0 Å². The van der Waals surface area contributed by atoms with Gasteiger partial charge in [0.05, 0.1) is 0 Å². The van der Waals surface area contributed by atoms with Crippen LogP contribution < -0.4 is 5.64 Å². The third kappa shape index (κ3) is 3.69. The Labute approximate surface area is 31.6 Å². The first kappa shape index (κ1) is 4.69. The number of rotatable bonds is 1. The lowest BCUT2D eigenvalue weighted by atomic mass is 9.92. The Morgan fingerprint density at radius 2 is 2.20 bits per heavy atom. The molecule has 0 aliphatic rings. The van der Waals surface area contributed by atoms with Crippen LogP contribution in [0.1, 0.15) is 6.92 Å². The van der Waals surface area contributed by atoms with E-state index in [1.165, 1.54) is 6.92 Å². The number of carbonyl (C=O) groups excluding carboxylic acids is 1. The second kappa shape index (κ2) is 1.97. The summed E-state index contributed by atoms with van der Waals surface area (Å²) in [6, 6.07) is 0. The van der Waals surface area contributed by atoms with Crippen molar-refractivity contribution in [2.45, 2.75) is 6.92 Å². The highest BCUT2D eigenvalue weighted by molar-refractivity contribution is 6.70. The molecule has 5 heavy (non-hydrogen) atoms. The van der Waals surface area contributed by atoms with E-state index >= 15 is 0 Å². The third-order valence-electron chi connectivity index (χ3n) is 0.235. The van der Waals surface area contributed by atoms with Gasteiger partial charge in [-0.15, -0.1) is 0 Å². The van der Waals surface area contributed by atoms with Gasteiger partial charge in [-0.25, -0.2) is 0 Å². The van der Waals surface area contributed by atoms with Gasteiger partial charge in [0.1, 0.15) is 5.68 Å². The molecule has 0 fully saturated rings. The molecule has 0 heterocycles. The summed E-state index contributed by atoms with van der Waals surface area (Å²) >= 11 is 0. The van der Waals surface area contributed by atoms with E-state index in [-0.39, 0.29) is 5.68 Å². The van der Waals surface area contributed by atoms with E-state index in [2.05, 4.69) is 0 Å². The number of hydrogen-bond acceptors (Lipinski definition) is 2. The lowest BCUT2D eigenvalue weighted by Crippen LogP contribution is -2.13. The minimum Gasteiger partial charge on any atom is -0.368 e. The zero-order valence-electron chi connectivity index (χ0n) is 3.06. The zero-order chi connectivity index (χ0) is 4.28. The van der Waals surface area contributed by atoms with E-state index in [1.54, 1.807) is 0 Å². The van der Waals surface area contributed by atoms with Crippen LogP contribution in [0.2, 0.25) is 0 Å². The largest absolute Gasteiger partial charge is 0.368 e. The molecule has 27 valence electrons. The SMILES string of the molecule is CC(=O)[B]N. The van der Waals surface area contributed by atoms with Gasteiger partial charge in [0.2, 0.25) is 0 Å². The zero-order valence-corrected chi connectivity index (χ0v) is 3.06. The van der Waals surface area contributed by atoms with Crippen molar-refractivity contribution in [2.75, 3.05) is 0 Å². The topological polar surface area (TPSA) is 43.1 Å². The van der Waals surface area contributed by atoms with Gasteiger partial charge in [-0.1, -0.05) is 0 Å². The van der Waals surface area contributed by atoms with Crippen LogP contribution in [-0.4, -0.2) is 13.1 Å². The molecule has 0 saturated carbocycles. The van der Waals surface area contributed by atoms with Crippen molar-refractivity contribution in [2.24, 2.45) is 5.64 Å². The van der Waals surface area contributed by atoms with Crippen molar-refractivity contribution < 1.29 is 4.79 Å². The monoisotopic (exact) mass is 70.0 g/mol. The van der Waals surface area contributed by atoms with Crippen molar-refractivity contribution in [1.82, 2.24) is 0 Å². The average Bonchev–Trinajstić information content (AvgIpc) is 1.38. The van der Waals surface area contributed by atoms with Gasteiger partial charge in [-0.2, -0.15) is 0 Å². The Kier molecular flexibility index (Phi) is 1.85. The van der Waals surface area contributed by atoms with E-state index in [0.717, 1.165) is 7.41 Å². The Bertz CT molecular complexity index is 44.9. The van der Waals surface area contributed by atoms with Crippen LogP contribution in [0.15, 0.2) is 0 Å². The average molecular weight is 69.9 g/mol. The molecule has 0 aliphatic carbocycles. The molecular weight excluding hydrogens is 64.8 g/mol. The van der Waals surface area contributed by atoms with Gasteiger partial charge >= 0.3 is 0 Å². The lowest BCUT2D eigenvalue weighted by Gasteiger charge is -1.68. The molecule has 0 spiro atoms. The summed E-state index contributed by atoms with van der Waals surface area (Å²) in [5.41, 5.74) is 4.60. The fourth-order valence-corrected chi connectivity index (χ4v) is 0. The van der Waals surface area contributed by atoms with Crippen molar-refractivity contribution in [3.05, 3.63) is 0 Å². The predicted octanol–water partition coefficient (Wildman–Crippen LogP) is -0.889. The number of carbonyl (C=O) groups is 1. The fourth-order valence-electron chi connectivity index (χ4n) is 0. The summed E-state index contributed by atoms with van der Waals surface area (Å²) in [6.45, 7) is 1.40. The van der Waals surface area contributed by atoms with Crippen LogP contribution >= 0.6 is 0 Å². The predicted molar refractivity (Wildman–Crippen MR) is 20.6 cm³/mol. The molecule has 0 aliphatic heterocycles. The highest BCUT2D eigenvalue weighted by atomic mass is 16.1. The van der Waals surface area contributed by atoms with Crippen LogP contribution in [0.25, 0.3) is 0 Å². The molecule has 0 atom stereocenters. The van der Waals surface area contributed by atoms with Crippen molar-refractivity contribution in [3.8, 4) is 0 Å². The van der Waals surface area contributed by atoms with E-state index in [4.69, 9.17) is 5.64 Å². The van der Waals surface area contributed by atoms with Gasteiger partial charge in [0.15, 0.2) is 0 Å². The van der Waals surface area contributed by atoms with Crippen LogP contribution in [-0.2, 0) is 4.79 Å². The first-order valence-electron chi connectivity index (χ1n) is 1.33. The van der Waals surface area contributed by atoms with E-state index in [9.17, 15) is 4.79 Å². The fraction of sp³-hybridized carbons (Fsp3) is 0.500. The van der Waals surface area contributed by atoms with Gasteiger partial charge < -0.3 is 10.4 Å². The minimum absolute atomic E-state index is 0.0926. The van der Waals surface area contributed by atoms with Gasteiger partial charge in [-0.05, 0) is 6.92 Å². The lowest BCUT2D eigenvalue weighted by molar-refractivity contribution is -0.110. The smallest absolute Gasteiger partial charge is 0.291 e. The van der Waals surface area contributed by atoms with Gasteiger partial charge in [-0.3, -0.25) is 0 Å². The van der Waals surface area contributed by atoms with E-state index in [0.29, 0.717) is 0 Å². The summed E-state index contributed by atoms with van der Waals surface area (Å²) in [4.78, 5) is 9.63. The molecule has 0 rings (SSSR count).